The summed E-state index contributed by atoms with van der Waals surface area (Å²) in [5, 5.41) is 4.74. The number of para-hydroxylation sites is 3. The lowest BCUT2D eigenvalue weighted by Crippen LogP contribution is -2.25. The van der Waals surface area contributed by atoms with Crippen LogP contribution in [-0.2, 0) is 11.8 Å². The van der Waals surface area contributed by atoms with Crippen LogP contribution in [0.5, 0.6) is 0 Å². The zero-order chi connectivity index (χ0) is 62.6. The third-order valence-corrected chi connectivity index (χ3v) is 20.2. The van der Waals surface area contributed by atoms with Gasteiger partial charge in [0, 0.05) is 44.3 Å². The molecule has 444 valence electrons. The van der Waals surface area contributed by atoms with Crippen molar-refractivity contribution in [2.75, 3.05) is 0 Å². The highest BCUT2D eigenvalue weighted by molar-refractivity contribution is 6.11. The van der Waals surface area contributed by atoms with Crippen molar-refractivity contribution in [3.8, 4) is 90.0 Å². The van der Waals surface area contributed by atoms with Gasteiger partial charge >= 0.3 is 0 Å². The van der Waals surface area contributed by atoms with E-state index in [4.69, 9.17) is 15.0 Å². The molecule has 1 spiro atoms. The summed E-state index contributed by atoms with van der Waals surface area (Å²) in [7, 11) is 0. The van der Waals surface area contributed by atoms with E-state index in [-0.39, 0.29) is 5.92 Å². The van der Waals surface area contributed by atoms with Gasteiger partial charge in [-0.3, -0.25) is 4.57 Å². The average Bonchev–Trinajstić information content (AvgIpc) is 1.51. The van der Waals surface area contributed by atoms with Crippen molar-refractivity contribution in [3.63, 3.8) is 0 Å². The maximum absolute atomic E-state index is 5.31. The molecule has 3 heterocycles. The Balaban J connectivity index is 0.718. The molecule has 19 rings (SSSR count). The van der Waals surface area contributed by atoms with Crippen LogP contribution in [0.15, 0.2) is 340 Å². The second-order valence-electron chi connectivity index (χ2n) is 25.3. The van der Waals surface area contributed by atoms with E-state index in [2.05, 4.69) is 312 Å². The van der Waals surface area contributed by atoms with E-state index in [1.165, 1.54) is 116 Å². The summed E-state index contributed by atoms with van der Waals surface area (Å²) in [5.74, 6) is 1.79. The van der Waals surface area contributed by atoms with Crippen LogP contribution in [0.2, 0.25) is 0 Å². The fourth-order valence-corrected chi connectivity index (χ4v) is 16.0. The van der Waals surface area contributed by atoms with E-state index in [0.29, 0.717) is 17.6 Å². The smallest absolute Gasteiger partial charge is 0.238 e. The number of benzene rings is 14. The SMILES string of the molecule is c1ccc(-c2nc(-c3ccccc3)nc(-n3c4ccccc4c4ccc([C@@H](Cc5ccc(-c6cccc(-c7cccc8c7-c7ccccc7C87c8ccccc8-c8ccccc87)c6)cc5)c5ccc(-c6ccc7c(c6)c6ccccc6n7-c6ccccc6)cc5)cc43)n2)cc1. The van der Waals surface area contributed by atoms with Gasteiger partial charge in [-0.25, -0.2) is 4.98 Å². The molecule has 0 saturated heterocycles. The van der Waals surface area contributed by atoms with E-state index < -0.39 is 5.41 Å². The summed E-state index contributed by atoms with van der Waals surface area (Å²) in [6.07, 6.45) is 0.766. The monoisotopic (exact) mass is 1210 g/mol. The fraction of sp³-hybridized carbons (Fsp3) is 0.0333. The third kappa shape index (κ3) is 8.66. The van der Waals surface area contributed by atoms with Crippen LogP contribution in [0.3, 0.4) is 0 Å². The molecule has 2 aliphatic carbocycles. The van der Waals surface area contributed by atoms with Gasteiger partial charge < -0.3 is 4.57 Å². The quantitative estimate of drug-likeness (QED) is 0.130. The van der Waals surface area contributed by atoms with Gasteiger partial charge in [0.15, 0.2) is 11.6 Å². The van der Waals surface area contributed by atoms with Gasteiger partial charge in [0.05, 0.1) is 27.5 Å². The lowest BCUT2D eigenvalue weighted by Gasteiger charge is -2.30. The predicted octanol–water partition coefficient (Wildman–Crippen LogP) is 22.1. The Bertz CT molecular complexity index is 5760. The highest BCUT2D eigenvalue weighted by Gasteiger charge is 2.52. The van der Waals surface area contributed by atoms with Crippen LogP contribution >= 0.6 is 0 Å². The minimum Gasteiger partial charge on any atom is -0.309 e. The van der Waals surface area contributed by atoms with Gasteiger partial charge in [0.25, 0.3) is 0 Å². The molecule has 17 aromatic rings. The van der Waals surface area contributed by atoms with Crippen LogP contribution < -0.4 is 0 Å². The summed E-state index contributed by atoms with van der Waals surface area (Å²) >= 11 is 0. The summed E-state index contributed by atoms with van der Waals surface area (Å²) < 4.78 is 4.63. The summed E-state index contributed by atoms with van der Waals surface area (Å²) in [4.78, 5) is 15.7. The summed E-state index contributed by atoms with van der Waals surface area (Å²) in [6, 6.07) is 125. The molecule has 0 aliphatic heterocycles. The molecule has 3 aromatic heterocycles. The zero-order valence-corrected chi connectivity index (χ0v) is 51.9. The molecule has 0 bridgehead atoms. The molecule has 1 atom stereocenters. The maximum Gasteiger partial charge on any atom is 0.238 e. The van der Waals surface area contributed by atoms with Crippen molar-refractivity contribution in [1.82, 2.24) is 24.1 Å². The first-order chi connectivity index (χ1) is 47.1. The first-order valence-corrected chi connectivity index (χ1v) is 32.8. The normalized spacial score (nSPS) is 12.9. The van der Waals surface area contributed by atoms with Gasteiger partial charge in [-0.2, -0.15) is 9.97 Å². The molecular formula is C90H59N5. The maximum atomic E-state index is 5.31. The van der Waals surface area contributed by atoms with E-state index in [9.17, 15) is 0 Å². The second-order valence-corrected chi connectivity index (χ2v) is 25.3. The van der Waals surface area contributed by atoms with Gasteiger partial charge in [-0.1, -0.05) is 291 Å². The molecule has 0 fully saturated rings. The van der Waals surface area contributed by atoms with E-state index in [1.807, 2.05) is 36.4 Å². The van der Waals surface area contributed by atoms with E-state index in [0.717, 1.165) is 45.0 Å². The Hall–Kier alpha value is -12.3. The molecule has 0 radical (unpaired) electrons. The highest BCUT2D eigenvalue weighted by Crippen LogP contribution is 2.64. The van der Waals surface area contributed by atoms with Gasteiger partial charge in [0.2, 0.25) is 5.95 Å². The standard InChI is InChI=1S/C90H59N5/c1-4-22-62(23-5-1)87-91-88(63-24-6-2-7-25-63)93-89(92-87)95-83-41-19-13-32-72(83)74-52-50-67(57-85(74)95)76(61-48-46-60(47-49-61)65-51-53-84-77(56-65)73-33-14-18-40-82(73)94(84)68-28-8-3-9-29-68)54-58-42-44-59(45-43-58)64-26-20-27-66(55-64)69-35-21-39-81-86(69)75-34-12-17-38-80(75)90(81)78-36-15-10-30-70(78)71-31-11-16-37-79(71)90/h1-53,55-57,76H,54H2/t76-/m0/s1. The fourth-order valence-electron chi connectivity index (χ4n) is 16.0. The van der Waals surface area contributed by atoms with Crippen molar-refractivity contribution >= 4 is 43.6 Å². The third-order valence-electron chi connectivity index (χ3n) is 20.2. The first kappa shape index (κ1) is 54.4. The van der Waals surface area contributed by atoms with E-state index >= 15 is 0 Å². The van der Waals surface area contributed by atoms with Gasteiger partial charge in [-0.15, -0.1) is 0 Å². The van der Waals surface area contributed by atoms with Crippen molar-refractivity contribution < 1.29 is 0 Å². The number of aromatic nitrogens is 5. The minimum atomic E-state index is -0.402. The van der Waals surface area contributed by atoms with Crippen LogP contribution in [0.1, 0.15) is 44.9 Å². The lowest BCUT2D eigenvalue weighted by molar-refractivity contribution is 0.794. The number of rotatable bonds is 11. The van der Waals surface area contributed by atoms with Gasteiger partial charge in [0.1, 0.15) is 0 Å². The van der Waals surface area contributed by atoms with Crippen LogP contribution in [0.4, 0.5) is 0 Å². The molecular weight excluding hydrogens is 1150 g/mol. The first-order valence-electron chi connectivity index (χ1n) is 32.8. The topological polar surface area (TPSA) is 48.5 Å². The number of nitrogens with zero attached hydrogens (tertiary/aromatic N) is 5. The summed E-state index contributed by atoms with van der Waals surface area (Å²) in [5.41, 5.74) is 28.6. The Morgan fingerprint density at radius 3 is 1.41 bits per heavy atom. The molecule has 0 amide bonds. The molecule has 2 aliphatic rings. The Morgan fingerprint density at radius 2 is 0.737 bits per heavy atom. The minimum absolute atomic E-state index is 0.0244. The molecule has 0 N–H and O–H groups in total. The second kappa shape index (κ2) is 21.9. The number of fused-ring (bicyclic) bond motifs is 16. The van der Waals surface area contributed by atoms with Crippen molar-refractivity contribution in [3.05, 3.63) is 379 Å². The molecule has 14 aromatic carbocycles. The highest BCUT2D eigenvalue weighted by atomic mass is 15.2. The van der Waals surface area contributed by atoms with Crippen molar-refractivity contribution in [2.24, 2.45) is 0 Å². The lowest BCUT2D eigenvalue weighted by atomic mass is 9.70. The van der Waals surface area contributed by atoms with Crippen LogP contribution in [0, 0.1) is 0 Å². The van der Waals surface area contributed by atoms with Crippen LogP contribution in [0.25, 0.3) is 134 Å². The summed E-state index contributed by atoms with van der Waals surface area (Å²) in [6.45, 7) is 0. The predicted molar refractivity (Wildman–Crippen MR) is 390 cm³/mol. The zero-order valence-electron chi connectivity index (χ0n) is 51.9. The van der Waals surface area contributed by atoms with Crippen LogP contribution in [-0.4, -0.2) is 24.1 Å². The van der Waals surface area contributed by atoms with Gasteiger partial charge in [-0.05, 0) is 150 Å². The largest absolute Gasteiger partial charge is 0.309 e. The average molecular weight is 1210 g/mol. The molecule has 95 heavy (non-hydrogen) atoms. The molecule has 5 heteroatoms. The molecule has 0 unspecified atom stereocenters. The molecule has 5 nitrogen and oxygen atoms in total. The number of hydrogen-bond donors (Lipinski definition) is 0. The molecule has 0 saturated carbocycles. The van der Waals surface area contributed by atoms with Crippen molar-refractivity contribution in [1.29, 1.82) is 0 Å². The Kier molecular flexibility index (Phi) is 12.6. The van der Waals surface area contributed by atoms with E-state index in [1.54, 1.807) is 0 Å². The van der Waals surface area contributed by atoms with Crippen molar-refractivity contribution in [2.45, 2.75) is 17.8 Å². The Morgan fingerprint density at radius 1 is 0.274 bits per heavy atom. The Labute approximate surface area is 550 Å². The number of hydrogen-bond acceptors (Lipinski definition) is 3.